The SMILES string of the molecule is CCC(C)C(N)C(=O)NCC(O)COc1ccc(C(F)(F)F)cc1. The molecule has 0 bridgehead atoms. The quantitative estimate of drug-likeness (QED) is 0.670. The molecular weight excluding hydrogens is 325 g/mol. The molecule has 3 unspecified atom stereocenters. The first-order chi connectivity index (χ1) is 11.1. The summed E-state index contributed by atoms with van der Waals surface area (Å²) in [4.78, 5) is 11.8. The summed E-state index contributed by atoms with van der Waals surface area (Å²) in [5.74, 6) is -0.145. The lowest BCUT2D eigenvalue weighted by atomic mass is 9.99. The van der Waals surface area contributed by atoms with E-state index in [0.29, 0.717) is 0 Å². The maximum Gasteiger partial charge on any atom is 0.416 e. The van der Waals surface area contributed by atoms with E-state index in [9.17, 15) is 23.1 Å². The summed E-state index contributed by atoms with van der Waals surface area (Å²) in [6.45, 7) is 3.56. The highest BCUT2D eigenvalue weighted by Crippen LogP contribution is 2.30. The van der Waals surface area contributed by atoms with Crippen molar-refractivity contribution in [2.75, 3.05) is 13.2 Å². The van der Waals surface area contributed by atoms with Gasteiger partial charge in [0, 0.05) is 6.54 Å². The second-order valence-electron chi connectivity index (χ2n) is 5.64. The maximum atomic E-state index is 12.4. The average molecular weight is 348 g/mol. The fourth-order valence-corrected chi connectivity index (χ4v) is 1.84. The van der Waals surface area contributed by atoms with Gasteiger partial charge in [0.05, 0.1) is 11.6 Å². The molecule has 0 aliphatic carbocycles. The van der Waals surface area contributed by atoms with Crippen molar-refractivity contribution in [1.29, 1.82) is 0 Å². The van der Waals surface area contributed by atoms with Gasteiger partial charge in [-0.3, -0.25) is 4.79 Å². The third-order valence-corrected chi connectivity index (χ3v) is 3.70. The van der Waals surface area contributed by atoms with Gasteiger partial charge in [-0.05, 0) is 30.2 Å². The molecule has 4 N–H and O–H groups in total. The number of benzene rings is 1. The molecule has 24 heavy (non-hydrogen) atoms. The number of amides is 1. The van der Waals surface area contributed by atoms with E-state index < -0.39 is 23.9 Å². The minimum absolute atomic E-state index is 0.0190. The molecule has 0 fully saturated rings. The Bertz CT molecular complexity index is 520. The molecule has 0 heterocycles. The lowest BCUT2D eigenvalue weighted by molar-refractivity contribution is -0.137. The molecule has 3 atom stereocenters. The van der Waals surface area contributed by atoms with Crippen LogP contribution in [-0.2, 0) is 11.0 Å². The van der Waals surface area contributed by atoms with E-state index in [4.69, 9.17) is 10.5 Å². The molecule has 0 aliphatic heterocycles. The van der Waals surface area contributed by atoms with Gasteiger partial charge in [-0.15, -0.1) is 0 Å². The Morgan fingerprint density at radius 3 is 2.42 bits per heavy atom. The number of hydrogen-bond donors (Lipinski definition) is 3. The molecule has 0 saturated carbocycles. The van der Waals surface area contributed by atoms with Crippen LogP contribution >= 0.6 is 0 Å². The van der Waals surface area contributed by atoms with Gasteiger partial charge in [0.25, 0.3) is 0 Å². The second kappa shape index (κ2) is 8.89. The maximum absolute atomic E-state index is 12.4. The highest BCUT2D eigenvalue weighted by molar-refractivity contribution is 5.81. The van der Waals surface area contributed by atoms with E-state index in [1.807, 2.05) is 13.8 Å². The Hall–Kier alpha value is -1.80. The number of ether oxygens (including phenoxy) is 1. The Morgan fingerprint density at radius 1 is 1.33 bits per heavy atom. The van der Waals surface area contributed by atoms with Crippen molar-refractivity contribution in [3.8, 4) is 5.75 Å². The van der Waals surface area contributed by atoms with Crippen molar-refractivity contribution in [2.24, 2.45) is 11.7 Å². The predicted molar refractivity (Wildman–Crippen MR) is 83.4 cm³/mol. The van der Waals surface area contributed by atoms with Crippen molar-refractivity contribution in [3.05, 3.63) is 29.8 Å². The van der Waals surface area contributed by atoms with E-state index in [0.717, 1.165) is 18.6 Å². The highest BCUT2D eigenvalue weighted by Gasteiger charge is 2.30. The van der Waals surface area contributed by atoms with Crippen LogP contribution in [0.2, 0.25) is 0 Å². The van der Waals surface area contributed by atoms with E-state index in [1.54, 1.807) is 0 Å². The van der Waals surface area contributed by atoms with Crippen LogP contribution in [0.25, 0.3) is 0 Å². The lowest BCUT2D eigenvalue weighted by Crippen LogP contribution is -2.47. The summed E-state index contributed by atoms with van der Waals surface area (Å²) >= 11 is 0. The van der Waals surface area contributed by atoms with Crippen LogP contribution in [0.4, 0.5) is 13.2 Å². The number of hydrogen-bond acceptors (Lipinski definition) is 4. The van der Waals surface area contributed by atoms with Crippen molar-refractivity contribution < 1.29 is 27.8 Å². The fourth-order valence-electron chi connectivity index (χ4n) is 1.84. The molecule has 136 valence electrons. The van der Waals surface area contributed by atoms with Gasteiger partial charge in [0.15, 0.2) is 0 Å². The molecule has 1 amide bonds. The van der Waals surface area contributed by atoms with Crippen molar-refractivity contribution in [1.82, 2.24) is 5.32 Å². The first-order valence-electron chi connectivity index (χ1n) is 7.66. The molecule has 1 aromatic rings. The van der Waals surface area contributed by atoms with E-state index in [1.165, 1.54) is 12.1 Å². The van der Waals surface area contributed by atoms with Crippen LogP contribution in [0.1, 0.15) is 25.8 Å². The largest absolute Gasteiger partial charge is 0.491 e. The van der Waals surface area contributed by atoms with Crippen LogP contribution in [0.3, 0.4) is 0 Å². The number of rotatable bonds is 8. The van der Waals surface area contributed by atoms with E-state index in [-0.39, 0.29) is 30.7 Å². The Balaban J connectivity index is 2.38. The zero-order valence-corrected chi connectivity index (χ0v) is 13.6. The van der Waals surface area contributed by atoms with Gasteiger partial charge < -0.3 is 20.9 Å². The molecule has 5 nitrogen and oxygen atoms in total. The second-order valence-corrected chi connectivity index (χ2v) is 5.64. The standard InChI is InChI=1S/C16H23F3N2O3/c1-3-10(2)14(20)15(23)21-8-12(22)9-24-13-6-4-11(5-7-13)16(17,18)19/h4-7,10,12,14,22H,3,8-9,20H2,1-2H3,(H,21,23). The molecule has 1 rings (SSSR count). The zero-order valence-electron chi connectivity index (χ0n) is 13.6. The van der Waals surface area contributed by atoms with Crippen molar-refractivity contribution in [2.45, 2.75) is 38.6 Å². The monoisotopic (exact) mass is 348 g/mol. The van der Waals surface area contributed by atoms with Gasteiger partial charge in [-0.1, -0.05) is 20.3 Å². The van der Waals surface area contributed by atoms with Gasteiger partial charge >= 0.3 is 6.18 Å². The van der Waals surface area contributed by atoms with Crippen molar-refractivity contribution in [3.63, 3.8) is 0 Å². The summed E-state index contributed by atoms with van der Waals surface area (Å²) in [7, 11) is 0. The average Bonchev–Trinajstić information content (AvgIpc) is 2.55. The number of carbonyl (C=O) groups excluding carboxylic acids is 1. The number of aliphatic hydroxyl groups excluding tert-OH is 1. The van der Waals surface area contributed by atoms with E-state index in [2.05, 4.69) is 5.32 Å². The predicted octanol–water partition coefficient (Wildman–Crippen LogP) is 1.93. The van der Waals surface area contributed by atoms with Crippen LogP contribution in [-0.4, -0.2) is 36.3 Å². The summed E-state index contributed by atoms with van der Waals surface area (Å²) in [5.41, 5.74) is 4.98. The lowest BCUT2D eigenvalue weighted by Gasteiger charge is -2.19. The third-order valence-electron chi connectivity index (χ3n) is 3.70. The molecular formula is C16H23F3N2O3. The highest BCUT2D eigenvalue weighted by atomic mass is 19.4. The van der Waals surface area contributed by atoms with E-state index >= 15 is 0 Å². The summed E-state index contributed by atoms with van der Waals surface area (Å²) in [6, 6.07) is 3.49. The zero-order chi connectivity index (χ0) is 18.3. The molecule has 0 spiro atoms. The van der Waals surface area contributed by atoms with Gasteiger partial charge in [0.1, 0.15) is 18.5 Å². The first kappa shape index (κ1) is 20.2. The Kier molecular flexibility index (Phi) is 7.50. The van der Waals surface area contributed by atoms with Crippen LogP contribution in [0.5, 0.6) is 5.75 Å². The number of carbonyl (C=O) groups is 1. The summed E-state index contributed by atoms with van der Waals surface area (Å²) in [5, 5.41) is 12.3. The summed E-state index contributed by atoms with van der Waals surface area (Å²) in [6.07, 6.45) is -4.65. The molecule has 0 aliphatic rings. The topological polar surface area (TPSA) is 84.6 Å². The Labute approximate surface area is 139 Å². The van der Waals surface area contributed by atoms with Gasteiger partial charge in [0.2, 0.25) is 5.91 Å². The van der Waals surface area contributed by atoms with Gasteiger partial charge in [-0.25, -0.2) is 0 Å². The van der Waals surface area contributed by atoms with Crippen LogP contribution in [0, 0.1) is 5.92 Å². The number of alkyl halides is 3. The number of nitrogens with one attached hydrogen (secondary N) is 1. The molecule has 0 aromatic heterocycles. The molecule has 0 saturated heterocycles. The van der Waals surface area contributed by atoms with Crippen molar-refractivity contribution >= 4 is 5.91 Å². The number of halogens is 3. The van der Waals surface area contributed by atoms with Gasteiger partial charge in [-0.2, -0.15) is 13.2 Å². The smallest absolute Gasteiger partial charge is 0.416 e. The minimum atomic E-state index is -4.41. The fraction of sp³-hybridized carbons (Fsp3) is 0.562. The summed E-state index contributed by atoms with van der Waals surface area (Å²) < 4.78 is 42.5. The number of aliphatic hydroxyl groups is 1. The normalized spacial score (nSPS) is 15.5. The Morgan fingerprint density at radius 2 is 1.92 bits per heavy atom. The molecule has 8 heteroatoms. The molecule has 0 radical (unpaired) electrons. The van der Waals surface area contributed by atoms with Crippen LogP contribution in [0.15, 0.2) is 24.3 Å². The third kappa shape index (κ3) is 6.37. The minimum Gasteiger partial charge on any atom is -0.491 e. The number of nitrogens with two attached hydrogens (primary N) is 1. The van der Waals surface area contributed by atoms with Crippen LogP contribution < -0.4 is 15.8 Å². The first-order valence-corrected chi connectivity index (χ1v) is 7.66. The molecule has 1 aromatic carbocycles.